The van der Waals surface area contributed by atoms with Crippen LogP contribution in [0.2, 0.25) is 0 Å². The van der Waals surface area contributed by atoms with Crippen molar-refractivity contribution in [3.05, 3.63) is 18.0 Å². The Bertz CT molecular complexity index is 264. The van der Waals surface area contributed by atoms with Gasteiger partial charge >= 0.3 is 0 Å². The summed E-state index contributed by atoms with van der Waals surface area (Å²) in [5.41, 5.74) is 0.850. The summed E-state index contributed by atoms with van der Waals surface area (Å²) in [7, 11) is 0. The molecule has 0 amide bonds. The SMILES string of the molecule is C#CC1(c2ccon2)CC1. The first kappa shape index (κ1) is 5.55. The summed E-state index contributed by atoms with van der Waals surface area (Å²) >= 11 is 0. The smallest absolute Gasteiger partial charge is 0.124 e. The molecule has 0 aromatic carbocycles. The second kappa shape index (κ2) is 1.63. The molecule has 0 bridgehead atoms. The molecule has 0 unspecified atom stereocenters. The summed E-state index contributed by atoms with van der Waals surface area (Å²) in [6.07, 6.45) is 8.99. The highest BCUT2D eigenvalue weighted by Crippen LogP contribution is 2.46. The zero-order valence-electron chi connectivity index (χ0n) is 5.50. The number of nitrogens with zero attached hydrogens (tertiary/aromatic N) is 1. The van der Waals surface area contributed by atoms with E-state index < -0.39 is 0 Å². The third-order valence-corrected chi connectivity index (χ3v) is 1.95. The van der Waals surface area contributed by atoms with Gasteiger partial charge in [0, 0.05) is 6.07 Å². The molecule has 0 atom stereocenters. The average Bonchev–Trinajstić information content (AvgIpc) is 2.58. The lowest BCUT2D eigenvalue weighted by atomic mass is 10.1. The summed E-state index contributed by atoms with van der Waals surface area (Å²) in [5.74, 6) is 2.73. The zero-order chi connectivity index (χ0) is 7.03. The zero-order valence-corrected chi connectivity index (χ0v) is 5.50. The van der Waals surface area contributed by atoms with Crippen LogP contribution in [0, 0.1) is 12.3 Å². The van der Waals surface area contributed by atoms with E-state index in [2.05, 4.69) is 11.1 Å². The highest BCUT2D eigenvalue weighted by atomic mass is 16.5. The van der Waals surface area contributed by atoms with E-state index in [4.69, 9.17) is 10.9 Å². The molecule has 2 heteroatoms. The predicted molar refractivity (Wildman–Crippen MR) is 36.2 cm³/mol. The minimum atomic E-state index is -0.0625. The first-order valence-corrected chi connectivity index (χ1v) is 3.26. The van der Waals surface area contributed by atoms with Crippen molar-refractivity contribution in [3.63, 3.8) is 0 Å². The largest absolute Gasteiger partial charge is 0.364 e. The number of rotatable bonds is 1. The molecule has 1 aliphatic rings. The van der Waals surface area contributed by atoms with Crippen molar-refractivity contribution in [1.82, 2.24) is 5.16 Å². The molecule has 50 valence electrons. The Labute approximate surface area is 59.2 Å². The molecule has 1 saturated carbocycles. The van der Waals surface area contributed by atoms with Crippen molar-refractivity contribution in [1.29, 1.82) is 0 Å². The van der Waals surface area contributed by atoms with Gasteiger partial charge in [0.1, 0.15) is 12.0 Å². The fourth-order valence-corrected chi connectivity index (χ4v) is 1.06. The van der Waals surface area contributed by atoms with Crippen LogP contribution in [0.5, 0.6) is 0 Å². The molecule has 0 radical (unpaired) electrons. The van der Waals surface area contributed by atoms with Crippen LogP contribution in [0.15, 0.2) is 16.9 Å². The third-order valence-electron chi connectivity index (χ3n) is 1.95. The Morgan fingerprint density at radius 1 is 1.70 bits per heavy atom. The van der Waals surface area contributed by atoms with Gasteiger partial charge in [0.05, 0.1) is 5.41 Å². The highest BCUT2D eigenvalue weighted by Gasteiger charge is 2.44. The number of hydrogen-bond acceptors (Lipinski definition) is 2. The lowest BCUT2D eigenvalue weighted by Crippen LogP contribution is -2.01. The van der Waals surface area contributed by atoms with Crippen molar-refractivity contribution in [2.75, 3.05) is 0 Å². The maximum absolute atomic E-state index is 5.33. The van der Waals surface area contributed by atoms with Gasteiger partial charge in [-0.05, 0) is 12.8 Å². The molecule has 2 nitrogen and oxygen atoms in total. The monoisotopic (exact) mass is 133 g/mol. The molecular weight excluding hydrogens is 126 g/mol. The maximum atomic E-state index is 5.33. The minimum absolute atomic E-state index is 0.0625. The molecular formula is C8H7NO. The van der Waals surface area contributed by atoms with E-state index in [1.54, 1.807) is 6.26 Å². The molecule has 1 aromatic rings. The van der Waals surface area contributed by atoms with Gasteiger partial charge in [-0.25, -0.2) is 0 Å². The summed E-state index contributed by atoms with van der Waals surface area (Å²) in [6.45, 7) is 0. The first-order valence-electron chi connectivity index (χ1n) is 3.26. The first-order chi connectivity index (χ1) is 4.87. The van der Waals surface area contributed by atoms with Crippen LogP contribution in [-0.2, 0) is 5.41 Å². The second-order valence-corrected chi connectivity index (χ2v) is 2.61. The Morgan fingerprint density at radius 3 is 2.90 bits per heavy atom. The molecule has 1 aliphatic carbocycles. The highest BCUT2D eigenvalue weighted by molar-refractivity contribution is 5.34. The third kappa shape index (κ3) is 0.577. The Hall–Kier alpha value is -1.23. The van der Waals surface area contributed by atoms with E-state index in [1.165, 1.54) is 0 Å². The van der Waals surface area contributed by atoms with Crippen LogP contribution in [0.1, 0.15) is 18.5 Å². The molecule has 0 spiro atoms. The van der Waals surface area contributed by atoms with E-state index in [-0.39, 0.29) is 5.41 Å². The van der Waals surface area contributed by atoms with Gasteiger partial charge < -0.3 is 4.52 Å². The summed E-state index contributed by atoms with van der Waals surface area (Å²) in [4.78, 5) is 0. The standard InChI is InChI=1S/C8H7NO/c1-2-8(4-5-8)7-3-6-10-9-7/h1,3,6H,4-5H2. The fraction of sp³-hybridized carbons (Fsp3) is 0.375. The molecule has 1 heterocycles. The van der Waals surface area contributed by atoms with Crippen LogP contribution in [0.4, 0.5) is 0 Å². The van der Waals surface area contributed by atoms with Gasteiger partial charge in [0.15, 0.2) is 0 Å². The number of hydrogen-bond donors (Lipinski definition) is 0. The lowest BCUT2D eigenvalue weighted by molar-refractivity contribution is 0.408. The lowest BCUT2D eigenvalue weighted by Gasteiger charge is -1.97. The molecule has 0 saturated heterocycles. The Morgan fingerprint density at radius 2 is 2.50 bits per heavy atom. The van der Waals surface area contributed by atoms with Crippen LogP contribution < -0.4 is 0 Å². The normalized spacial score (nSPS) is 19.9. The fourth-order valence-electron chi connectivity index (χ4n) is 1.06. The summed E-state index contributed by atoms with van der Waals surface area (Å²) in [5, 5.41) is 3.80. The van der Waals surface area contributed by atoms with E-state index in [1.807, 2.05) is 6.07 Å². The summed E-state index contributed by atoms with van der Waals surface area (Å²) in [6, 6.07) is 1.84. The van der Waals surface area contributed by atoms with Crippen molar-refractivity contribution < 1.29 is 4.52 Å². The number of aromatic nitrogens is 1. The van der Waals surface area contributed by atoms with Crippen molar-refractivity contribution >= 4 is 0 Å². The van der Waals surface area contributed by atoms with Crippen LogP contribution in [0.25, 0.3) is 0 Å². The molecule has 0 N–H and O–H groups in total. The van der Waals surface area contributed by atoms with E-state index >= 15 is 0 Å². The maximum Gasteiger partial charge on any atom is 0.124 e. The topological polar surface area (TPSA) is 26.0 Å². The Kier molecular flexibility index (Phi) is 0.906. The van der Waals surface area contributed by atoms with Crippen molar-refractivity contribution in [3.8, 4) is 12.3 Å². The van der Waals surface area contributed by atoms with Gasteiger partial charge in [-0.1, -0.05) is 11.1 Å². The van der Waals surface area contributed by atoms with Gasteiger partial charge in [-0.2, -0.15) is 0 Å². The molecule has 10 heavy (non-hydrogen) atoms. The molecule has 2 rings (SSSR count). The van der Waals surface area contributed by atoms with E-state index in [0.717, 1.165) is 18.5 Å². The molecule has 0 aliphatic heterocycles. The quantitative estimate of drug-likeness (QED) is 0.540. The minimum Gasteiger partial charge on any atom is -0.364 e. The van der Waals surface area contributed by atoms with Crippen LogP contribution in [-0.4, -0.2) is 5.16 Å². The van der Waals surface area contributed by atoms with Gasteiger partial charge in [-0.3, -0.25) is 0 Å². The number of terminal acetylenes is 1. The van der Waals surface area contributed by atoms with Crippen LogP contribution >= 0.6 is 0 Å². The van der Waals surface area contributed by atoms with Gasteiger partial charge in [0.25, 0.3) is 0 Å². The van der Waals surface area contributed by atoms with Gasteiger partial charge in [0.2, 0.25) is 0 Å². The van der Waals surface area contributed by atoms with E-state index in [0.29, 0.717) is 0 Å². The Balaban J connectivity index is 2.38. The molecule has 1 aromatic heterocycles. The van der Waals surface area contributed by atoms with Crippen LogP contribution in [0.3, 0.4) is 0 Å². The van der Waals surface area contributed by atoms with Crippen molar-refractivity contribution in [2.24, 2.45) is 0 Å². The summed E-state index contributed by atoms with van der Waals surface area (Å²) < 4.78 is 4.70. The van der Waals surface area contributed by atoms with Gasteiger partial charge in [-0.15, -0.1) is 6.42 Å². The second-order valence-electron chi connectivity index (χ2n) is 2.61. The predicted octanol–water partition coefficient (Wildman–Crippen LogP) is 1.34. The average molecular weight is 133 g/mol. The van der Waals surface area contributed by atoms with Crippen molar-refractivity contribution in [2.45, 2.75) is 18.3 Å². The van der Waals surface area contributed by atoms with E-state index in [9.17, 15) is 0 Å². The molecule has 1 fully saturated rings.